The van der Waals surface area contributed by atoms with Crippen LogP contribution in [0.15, 0.2) is 46.9 Å². The van der Waals surface area contributed by atoms with Crippen LogP contribution in [0, 0.1) is 0 Å². The van der Waals surface area contributed by atoms with Crippen LogP contribution in [0.1, 0.15) is 21.8 Å². The molecule has 5 heteroatoms. The number of carbonyl (C=O) groups excluding carboxylic acids is 1. The number of halogens is 1. The van der Waals surface area contributed by atoms with Gasteiger partial charge in [-0.2, -0.15) is 0 Å². The first-order valence-corrected chi connectivity index (χ1v) is 7.10. The maximum absolute atomic E-state index is 11.5. The topological polar surface area (TPSA) is 55.1 Å². The minimum absolute atomic E-state index is 0.105. The van der Waals surface area contributed by atoms with Crippen LogP contribution in [-0.2, 0) is 0 Å². The van der Waals surface area contributed by atoms with E-state index in [-0.39, 0.29) is 5.91 Å². The third-order valence-corrected chi connectivity index (χ3v) is 3.42. The van der Waals surface area contributed by atoms with Crippen LogP contribution in [0.25, 0.3) is 23.3 Å². The molecule has 0 aliphatic rings. The number of hydrogen-bond donors (Lipinski definition) is 1. The number of amides is 1. The van der Waals surface area contributed by atoms with E-state index in [0.717, 1.165) is 11.1 Å². The van der Waals surface area contributed by atoms with Crippen molar-refractivity contribution in [3.63, 3.8) is 0 Å². The average molecular weight is 313 g/mol. The van der Waals surface area contributed by atoms with E-state index >= 15 is 0 Å². The van der Waals surface area contributed by atoms with Crippen LogP contribution in [0.3, 0.4) is 0 Å². The molecule has 3 aromatic rings. The van der Waals surface area contributed by atoms with Crippen molar-refractivity contribution in [2.75, 3.05) is 7.05 Å². The van der Waals surface area contributed by atoms with Gasteiger partial charge in [-0.1, -0.05) is 23.7 Å². The van der Waals surface area contributed by atoms with Gasteiger partial charge < -0.3 is 9.73 Å². The van der Waals surface area contributed by atoms with Crippen LogP contribution in [0.2, 0.25) is 5.02 Å². The molecule has 0 radical (unpaired) electrons. The first-order valence-electron chi connectivity index (χ1n) is 6.72. The summed E-state index contributed by atoms with van der Waals surface area (Å²) >= 11 is 5.92. The van der Waals surface area contributed by atoms with E-state index < -0.39 is 0 Å². The zero-order valence-corrected chi connectivity index (χ0v) is 12.6. The number of hydrogen-bond acceptors (Lipinski definition) is 3. The van der Waals surface area contributed by atoms with Gasteiger partial charge in [0.15, 0.2) is 5.58 Å². The van der Waals surface area contributed by atoms with Crippen molar-refractivity contribution in [2.24, 2.45) is 0 Å². The van der Waals surface area contributed by atoms with Crippen LogP contribution in [0.4, 0.5) is 0 Å². The number of nitrogens with one attached hydrogen (secondary N) is 1. The van der Waals surface area contributed by atoms with Crippen molar-refractivity contribution in [3.8, 4) is 0 Å². The molecule has 0 saturated carbocycles. The predicted octanol–water partition coefficient (Wildman–Crippen LogP) is 4.01. The number of aromatic nitrogens is 1. The molecule has 0 aliphatic heterocycles. The molecule has 3 rings (SSSR count). The molecule has 0 unspecified atom stereocenters. The summed E-state index contributed by atoms with van der Waals surface area (Å²) in [7, 11) is 1.61. The van der Waals surface area contributed by atoms with Crippen molar-refractivity contribution in [2.45, 2.75) is 0 Å². The second-order valence-corrected chi connectivity index (χ2v) is 5.14. The van der Waals surface area contributed by atoms with Crippen molar-refractivity contribution in [1.82, 2.24) is 10.3 Å². The lowest BCUT2D eigenvalue weighted by molar-refractivity contribution is 0.0963. The molecule has 110 valence electrons. The van der Waals surface area contributed by atoms with E-state index in [1.54, 1.807) is 43.5 Å². The number of benzene rings is 2. The summed E-state index contributed by atoms with van der Waals surface area (Å²) < 4.78 is 5.60. The fourth-order valence-corrected chi connectivity index (χ4v) is 2.21. The zero-order chi connectivity index (χ0) is 15.5. The Kier molecular flexibility index (Phi) is 3.94. The van der Waals surface area contributed by atoms with Gasteiger partial charge in [-0.25, -0.2) is 4.98 Å². The van der Waals surface area contributed by atoms with Crippen molar-refractivity contribution < 1.29 is 9.21 Å². The Morgan fingerprint density at radius 1 is 1.18 bits per heavy atom. The highest BCUT2D eigenvalue weighted by Crippen LogP contribution is 2.21. The van der Waals surface area contributed by atoms with Gasteiger partial charge in [-0.15, -0.1) is 0 Å². The Morgan fingerprint density at radius 2 is 1.95 bits per heavy atom. The second kappa shape index (κ2) is 6.03. The highest BCUT2D eigenvalue weighted by atomic mass is 35.5. The van der Waals surface area contributed by atoms with E-state index in [0.29, 0.717) is 22.1 Å². The van der Waals surface area contributed by atoms with E-state index in [2.05, 4.69) is 10.3 Å². The molecule has 22 heavy (non-hydrogen) atoms. The highest BCUT2D eigenvalue weighted by Gasteiger charge is 2.04. The van der Waals surface area contributed by atoms with Gasteiger partial charge in [-0.3, -0.25) is 4.79 Å². The Labute approximate surface area is 132 Å². The Balaban J connectivity index is 1.81. The maximum atomic E-state index is 11.5. The van der Waals surface area contributed by atoms with Crippen molar-refractivity contribution >= 4 is 40.8 Å². The molecule has 1 aromatic heterocycles. The molecule has 0 spiro atoms. The van der Waals surface area contributed by atoms with Gasteiger partial charge in [0.05, 0.1) is 0 Å². The molecular weight excluding hydrogens is 300 g/mol. The fraction of sp³-hybridized carbons (Fsp3) is 0.0588. The summed E-state index contributed by atoms with van der Waals surface area (Å²) in [6.07, 6.45) is 3.66. The van der Waals surface area contributed by atoms with Gasteiger partial charge >= 0.3 is 0 Å². The third kappa shape index (κ3) is 3.02. The highest BCUT2D eigenvalue weighted by molar-refractivity contribution is 6.31. The molecule has 0 saturated heterocycles. The molecular formula is C17H13ClN2O2. The monoisotopic (exact) mass is 312 g/mol. The van der Waals surface area contributed by atoms with E-state index in [1.807, 2.05) is 18.2 Å². The summed E-state index contributed by atoms with van der Waals surface area (Å²) in [4.78, 5) is 15.8. The van der Waals surface area contributed by atoms with E-state index in [9.17, 15) is 4.79 Å². The smallest absolute Gasteiger partial charge is 0.251 e. The minimum atomic E-state index is -0.105. The first kappa shape index (κ1) is 14.4. The number of rotatable bonds is 3. The lowest BCUT2D eigenvalue weighted by Crippen LogP contribution is -2.17. The SMILES string of the molecule is CNC(=O)c1ccc(C=Cc2nc3cc(Cl)ccc3o2)cc1. The summed E-state index contributed by atoms with van der Waals surface area (Å²) in [5, 5.41) is 3.21. The number of carbonyl (C=O) groups is 1. The van der Waals surface area contributed by atoms with E-state index in [4.69, 9.17) is 16.0 Å². The normalized spacial score (nSPS) is 11.2. The number of oxazole rings is 1. The van der Waals surface area contributed by atoms with Crippen LogP contribution < -0.4 is 5.32 Å². The molecule has 0 bridgehead atoms. The van der Waals surface area contributed by atoms with Gasteiger partial charge in [0.2, 0.25) is 5.89 Å². The lowest BCUT2D eigenvalue weighted by atomic mass is 10.1. The van der Waals surface area contributed by atoms with Crippen molar-refractivity contribution in [3.05, 3.63) is 64.5 Å². The van der Waals surface area contributed by atoms with Gasteiger partial charge in [-0.05, 0) is 42.0 Å². The Hall–Kier alpha value is -2.59. The summed E-state index contributed by atoms with van der Waals surface area (Å²) in [6.45, 7) is 0. The minimum Gasteiger partial charge on any atom is -0.437 e. The predicted molar refractivity (Wildman–Crippen MR) is 87.8 cm³/mol. The van der Waals surface area contributed by atoms with E-state index in [1.165, 1.54) is 0 Å². The zero-order valence-electron chi connectivity index (χ0n) is 11.8. The molecule has 0 fully saturated rings. The van der Waals surface area contributed by atoms with Crippen LogP contribution >= 0.6 is 11.6 Å². The molecule has 2 aromatic carbocycles. The van der Waals surface area contributed by atoms with Crippen LogP contribution in [-0.4, -0.2) is 17.9 Å². The number of fused-ring (bicyclic) bond motifs is 1. The summed E-state index contributed by atoms with van der Waals surface area (Å²) in [6, 6.07) is 12.6. The van der Waals surface area contributed by atoms with Gasteiger partial charge in [0, 0.05) is 23.7 Å². The third-order valence-electron chi connectivity index (χ3n) is 3.18. The molecule has 0 aliphatic carbocycles. The maximum Gasteiger partial charge on any atom is 0.251 e. The van der Waals surface area contributed by atoms with Gasteiger partial charge in [0.1, 0.15) is 5.52 Å². The van der Waals surface area contributed by atoms with Crippen LogP contribution in [0.5, 0.6) is 0 Å². The standard InChI is InChI=1S/C17H13ClN2O2/c1-19-17(21)12-5-2-11(3-6-12)4-9-16-20-14-10-13(18)7-8-15(14)22-16/h2-10H,1H3,(H,19,21). The summed E-state index contributed by atoms with van der Waals surface area (Å²) in [5.74, 6) is 0.402. The molecule has 0 atom stereocenters. The molecule has 1 amide bonds. The Bertz CT molecular complexity index is 851. The van der Waals surface area contributed by atoms with Gasteiger partial charge in [0.25, 0.3) is 5.91 Å². The molecule has 1 heterocycles. The second-order valence-electron chi connectivity index (χ2n) is 4.70. The molecule has 4 nitrogen and oxygen atoms in total. The largest absolute Gasteiger partial charge is 0.437 e. The first-order chi connectivity index (χ1) is 10.7. The van der Waals surface area contributed by atoms with Crippen molar-refractivity contribution in [1.29, 1.82) is 0 Å². The lowest BCUT2D eigenvalue weighted by Gasteiger charge is -1.99. The number of nitrogens with zero attached hydrogens (tertiary/aromatic N) is 1. The molecule has 1 N–H and O–H groups in total. The Morgan fingerprint density at radius 3 is 2.68 bits per heavy atom. The average Bonchev–Trinajstić information content (AvgIpc) is 2.94. The quantitative estimate of drug-likeness (QED) is 0.795. The summed E-state index contributed by atoms with van der Waals surface area (Å²) in [5.41, 5.74) is 2.99. The fourth-order valence-electron chi connectivity index (χ4n) is 2.05.